The first-order valence-corrected chi connectivity index (χ1v) is 6.69. The number of hydrogen-bond acceptors (Lipinski definition) is 1. The van der Waals surface area contributed by atoms with Crippen molar-refractivity contribution in [1.82, 2.24) is 0 Å². The lowest BCUT2D eigenvalue weighted by Crippen LogP contribution is -2.66. The Morgan fingerprint density at radius 2 is 1.87 bits per heavy atom. The number of rotatable bonds is 0. The second-order valence-corrected chi connectivity index (χ2v) is 6.94. The summed E-state index contributed by atoms with van der Waals surface area (Å²) in [6.45, 7) is 7.03. The van der Waals surface area contributed by atoms with Gasteiger partial charge in [0.05, 0.1) is 5.60 Å². The van der Waals surface area contributed by atoms with Gasteiger partial charge in [0.25, 0.3) is 0 Å². The molecule has 1 nitrogen and oxygen atoms in total. The van der Waals surface area contributed by atoms with Gasteiger partial charge in [-0.2, -0.15) is 0 Å². The lowest BCUT2D eigenvalue weighted by atomic mass is 9.41. The molecule has 0 aliphatic heterocycles. The molecule has 4 bridgehead atoms. The summed E-state index contributed by atoms with van der Waals surface area (Å²) in [5.41, 5.74) is -0.155. The number of hydrogen-bond donors (Lipinski definition) is 1. The van der Waals surface area contributed by atoms with Crippen LogP contribution >= 0.6 is 0 Å². The van der Waals surface area contributed by atoms with Crippen molar-refractivity contribution in [2.24, 2.45) is 29.1 Å². The summed E-state index contributed by atoms with van der Waals surface area (Å²) in [4.78, 5) is 0. The fraction of sp³-hybridized carbons (Fsp3) is 1.00. The Hall–Kier alpha value is -0.0400. The zero-order valence-electron chi connectivity index (χ0n) is 10.3. The molecular formula is C14H24O. The van der Waals surface area contributed by atoms with Gasteiger partial charge < -0.3 is 5.11 Å². The molecule has 0 aromatic heterocycles. The second-order valence-electron chi connectivity index (χ2n) is 6.94. The van der Waals surface area contributed by atoms with Gasteiger partial charge in [0.2, 0.25) is 0 Å². The molecule has 0 heterocycles. The first kappa shape index (κ1) is 10.1. The van der Waals surface area contributed by atoms with Gasteiger partial charge in [0.1, 0.15) is 0 Å². The predicted octanol–water partition coefficient (Wildman–Crippen LogP) is 3.22. The molecule has 15 heavy (non-hydrogen) atoms. The van der Waals surface area contributed by atoms with E-state index >= 15 is 0 Å². The molecule has 1 heteroatoms. The maximum atomic E-state index is 11.0. The van der Waals surface area contributed by atoms with Crippen molar-refractivity contribution in [1.29, 1.82) is 0 Å². The standard InChI is InChI=1S/C14H24O/c1-9-6-7-14(15)12-5-4-10(8-11(9)12)13(14,2)3/h9-12,15H,4-8H2,1-3H3/t9-,10?,11?,12+,14?/m0/s1. The summed E-state index contributed by atoms with van der Waals surface area (Å²) < 4.78 is 0. The molecule has 4 rings (SSSR count). The lowest BCUT2D eigenvalue weighted by Gasteiger charge is -2.66. The maximum Gasteiger partial charge on any atom is 0.0731 e. The van der Waals surface area contributed by atoms with E-state index in [1.807, 2.05) is 0 Å². The van der Waals surface area contributed by atoms with Gasteiger partial charge >= 0.3 is 0 Å². The molecule has 4 aliphatic rings. The Labute approximate surface area is 93.3 Å². The van der Waals surface area contributed by atoms with Gasteiger partial charge in [0, 0.05) is 0 Å². The largest absolute Gasteiger partial charge is 0.389 e. The monoisotopic (exact) mass is 208 g/mol. The average Bonchev–Trinajstić information content (AvgIpc) is 2.21. The second kappa shape index (κ2) is 2.80. The maximum absolute atomic E-state index is 11.0. The van der Waals surface area contributed by atoms with Gasteiger partial charge in [0.15, 0.2) is 0 Å². The third kappa shape index (κ3) is 1.03. The minimum absolute atomic E-state index is 0.173. The third-order valence-electron chi connectivity index (χ3n) is 6.36. The quantitative estimate of drug-likeness (QED) is 0.648. The van der Waals surface area contributed by atoms with Crippen LogP contribution in [0.25, 0.3) is 0 Å². The third-order valence-corrected chi connectivity index (χ3v) is 6.36. The zero-order chi connectivity index (χ0) is 10.8. The van der Waals surface area contributed by atoms with Crippen LogP contribution < -0.4 is 0 Å². The van der Waals surface area contributed by atoms with Crippen molar-refractivity contribution >= 4 is 0 Å². The first-order chi connectivity index (χ1) is 6.97. The molecule has 0 aromatic carbocycles. The Balaban J connectivity index is 2.04. The molecule has 5 atom stereocenters. The van der Waals surface area contributed by atoms with Gasteiger partial charge in [-0.15, -0.1) is 0 Å². The minimum atomic E-state index is -0.328. The van der Waals surface area contributed by atoms with Gasteiger partial charge in [-0.3, -0.25) is 0 Å². The Kier molecular flexibility index (Phi) is 1.89. The molecule has 1 N–H and O–H groups in total. The number of aliphatic hydroxyl groups is 1. The number of fused-ring (bicyclic) bond motifs is 1. The van der Waals surface area contributed by atoms with Crippen LogP contribution in [0.4, 0.5) is 0 Å². The Morgan fingerprint density at radius 1 is 1.13 bits per heavy atom. The van der Waals surface area contributed by atoms with Crippen LogP contribution in [0, 0.1) is 29.1 Å². The molecule has 86 valence electrons. The summed E-state index contributed by atoms with van der Waals surface area (Å²) in [6, 6.07) is 0. The van der Waals surface area contributed by atoms with Crippen molar-refractivity contribution in [2.75, 3.05) is 0 Å². The van der Waals surface area contributed by atoms with E-state index in [-0.39, 0.29) is 11.0 Å². The highest BCUT2D eigenvalue weighted by molar-refractivity contribution is 5.13. The van der Waals surface area contributed by atoms with E-state index in [1.165, 1.54) is 25.7 Å². The highest BCUT2D eigenvalue weighted by atomic mass is 16.3. The van der Waals surface area contributed by atoms with E-state index < -0.39 is 0 Å². The summed E-state index contributed by atoms with van der Waals surface area (Å²) in [5, 5.41) is 11.0. The molecule has 0 amide bonds. The van der Waals surface area contributed by atoms with Crippen molar-refractivity contribution in [2.45, 2.75) is 58.5 Å². The molecule has 0 aromatic rings. The van der Waals surface area contributed by atoms with Crippen LogP contribution in [0.3, 0.4) is 0 Å². The predicted molar refractivity (Wildman–Crippen MR) is 61.4 cm³/mol. The van der Waals surface area contributed by atoms with Crippen LogP contribution in [0.1, 0.15) is 52.9 Å². The summed E-state index contributed by atoms with van der Waals surface area (Å²) in [7, 11) is 0. The highest BCUT2D eigenvalue weighted by Crippen LogP contribution is 2.65. The Morgan fingerprint density at radius 3 is 2.60 bits per heavy atom. The molecule has 3 unspecified atom stereocenters. The van der Waals surface area contributed by atoms with Crippen LogP contribution in [0.2, 0.25) is 0 Å². The minimum Gasteiger partial charge on any atom is -0.389 e. The fourth-order valence-corrected chi connectivity index (χ4v) is 5.08. The van der Waals surface area contributed by atoms with E-state index in [0.29, 0.717) is 5.92 Å². The van der Waals surface area contributed by atoms with Crippen molar-refractivity contribution in [3.05, 3.63) is 0 Å². The fourth-order valence-electron chi connectivity index (χ4n) is 5.08. The molecule has 4 fully saturated rings. The summed E-state index contributed by atoms with van der Waals surface area (Å²) in [5.74, 6) is 3.08. The molecule has 0 radical (unpaired) electrons. The zero-order valence-corrected chi connectivity index (χ0v) is 10.3. The molecular weight excluding hydrogens is 184 g/mol. The van der Waals surface area contributed by atoms with Crippen molar-refractivity contribution in [3.63, 3.8) is 0 Å². The van der Waals surface area contributed by atoms with Crippen molar-refractivity contribution in [3.8, 4) is 0 Å². The summed E-state index contributed by atoms with van der Waals surface area (Å²) >= 11 is 0. The van der Waals surface area contributed by atoms with Gasteiger partial charge in [-0.1, -0.05) is 20.8 Å². The van der Waals surface area contributed by atoms with E-state index in [0.717, 1.165) is 24.2 Å². The van der Waals surface area contributed by atoms with E-state index in [4.69, 9.17) is 0 Å². The van der Waals surface area contributed by atoms with Crippen LogP contribution in [0.15, 0.2) is 0 Å². The van der Waals surface area contributed by atoms with E-state index in [2.05, 4.69) is 20.8 Å². The summed E-state index contributed by atoms with van der Waals surface area (Å²) in [6.07, 6.45) is 6.34. The lowest BCUT2D eigenvalue weighted by molar-refractivity contribution is -0.244. The van der Waals surface area contributed by atoms with Gasteiger partial charge in [-0.05, 0) is 61.2 Å². The van der Waals surface area contributed by atoms with Gasteiger partial charge in [-0.25, -0.2) is 0 Å². The average molecular weight is 208 g/mol. The molecule has 4 saturated carbocycles. The van der Waals surface area contributed by atoms with Crippen LogP contribution in [0.5, 0.6) is 0 Å². The first-order valence-electron chi connectivity index (χ1n) is 6.69. The normalized spacial score (nSPS) is 56.8. The topological polar surface area (TPSA) is 20.2 Å². The van der Waals surface area contributed by atoms with Crippen LogP contribution in [-0.4, -0.2) is 10.7 Å². The van der Waals surface area contributed by atoms with E-state index in [1.54, 1.807) is 0 Å². The van der Waals surface area contributed by atoms with Crippen LogP contribution in [-0.2, 0) is 0 Å². The van der Waals surface area contributed by atoms with Crippen molar-refractivity contribution < 1.29 is 5.11 Å². The van der Waals surface area contributed by atoms with E-state index in [9.17, 15) is 5.11 Å². The smallest absolute Gasteiger partial charge is 0.0731 e. The Bertz CT molecular complexity index is 283. The molecule has 0 saturated heterocycles. The molecule has 4 aliphatic carbocycles. The molecule has 0 spiro atoms. The highest BCUT2D eigenvalue weighted by Gasteiger charge is 2.63. The SMILES string of the molecule is C[C@H]1CCC2(O)[C@@H]3CCC(CC31)C2(C)C.